The number of benzene rings is 1. The van der Waals surface area contributed by atoms with Gasteiger partial charge in [0.05, 0.1) is 0 Å². The summed E-state index contributed by atoms with van der Waals surface area (Å²) in [6.07, 6.45) is 7.24. The molecule has 13 heavy (non-hydrogen) atoms. The average molecular weight is 175 g/mol. The van der Waals surface area contributed by atoms with Crippen molar-refractivity contribution >= 4 is 6.08 Å². The fraction of sp³-hybridized carbons (Fsp3) is 0.250. The van der Waals surface area contributed by atoms with Crippen LogP contribution >= 0.6 is 0 Å². The predicted molar refractivity (Wildman–Crippen MR) is 56.3 cm³/mol. The molecule has 0 amide bonds. The highest BCUT2D eigenvalue weighted by molar-refractivity contribution is 5.49. The molecule has 0 fully saturated rings. The molecule has 1 radical (unpaired) electrons. The second kappa shape index (κ2) is 6.44. The number of allylic oxidation sites excluding steroid dienone is 1. The topological polar surface area (TPSA) is 9.23 Å². The third kappa shape index (κ3) is 4.48. The number of methoxy groups -OCH3 is 1. The van der Waals surface area contributed by atoms with Crippen LogP contribution in [0.5, 0.6) is 0 Å². The maximum Gasteiger partial charge on any atom is 0.0468 e. The minimum atomic E-state index is 0.791. The lowest BCUT2D eigenvalue weighted by molar-refractivity contribution is 0.202. The predicted octanol–water partition coefficient (Wildman–Crippen LogP) is 2.94. The van der Waals surface area contributed by atoms with Crippen molar-refractivity contribution in [2.75, 3.05) is 13.7 Å². The molecule has 0 saturated carbocycles. The van der Waals surface area contributed by atoms with E-state index in [2.05, 4.69) is 30.7 Å². The molecule has 0 unspecified atom stereocenters. The second-order valence-corrected chi connectivity index (χ2v) is 2.79. The second-order valence-electron chi connectivity index (χ2n) is 2.79. The zero-order chi connectivity index (χ0) is 9.36. The third-order valence-electron chi connectivity index (χ3n) is 1.71. The maximum atomic E-state index is 4.93. The van der Waals surface area contributed by atoms with Gasteiger partial charge in [-0.05, 0) is 18.4 Å². The van der Waals surface area contributed by atoms with E-state index in [0.717, 1.165) is 13.0 Å². The highest BCUT2D eigenvalue weighted by Gasteiger charge is 1.84. The summed E-state index contributed by atoms with van der Waals surface area (Å²) >= 11 is 0. The minimum absolute atomic E-state index is 0.791. The lowest BCUT2D eigenvalue weighted by Crippen LogP contribution is -1.86. The van der Waals surface area contributed by atoms with E-state index >= 15 is 0 Å². The molecule has 1 aromatic rings. The van der Waals surface area contributed by atoms with Gasteiger partial charge < -0.3 is 4.74 Å². The van der Waals surface area contributed by atoms with Crippen molar-refractivity contribution in [2.45, 2.75) is 6.42 Å². The van der Waals surface area contributed by atoms with Crippen molar-refractivity contribution in [1.29, 1.82) is 0 Å². The summed E-state index contributed by atoms with van der Waals surface area (Å²) in [5.74, 6) is 0. The van der Waals surface area contributed by atoms with E-state index in [1.807, 2.05) is 18.2 Å². The van der Waals surface area contributed by atoms with Gasteiger partial charge in [-0.3, -0.25) is 0 Å². The van der Waals surface area contributed by atoms with Gasteiger partial charge in [-0.25, -0.2) is 0 Å². The SMILES string of the molecule is COCC[CH]C=Cc1ccccc1. The van der Waals surface area contributed by atoms with Crippen LogP contribution in [0.1, 0.15) is 12.0 Å². The van der Waals surface area contributed by atoms with E-state index in [-0.39, 0.29) is 0 Å². The lowest BCUT2D eigenvalue weighted by Gasteiger charge is -1.93. The molecule has 0 heterocycles. The fourth-order valence-electron chi connectivity index (χ4n) is 1.03. The van der Waals surface area contributed by atoms with Crippen molar-refractivity contribution in [1.82, 2.24) is 0 Å². The van der Waals surface area contributed by atoms with E-state index in [4.69, 9.17) is 4.74 Å². The number of ether oxygens (including phenoxy) is 1. The van der Waals surface area contributed by atoms with Crippen LogP contribution in [0.2, 0.25) is 0 Å². The van der Waals surface area contributed by atoms with Crippen LogP contribution in [0.25, 0.3) is 6.08 Å². The molecular formula is C12H15O. The first-order valence-corrected chi connectivity index (χ1v) is 4.47. The number of hydrogen-bond donors (Lipinski definition) is 0. The van der Waals surface area contributed by atoms with Gasteiger partial charge in [0, 0.05) is 13.7 Å². The van der Waals surface area contributed by atoms with E-state index in [0.29, 0.717) is 0 Å². The highest BCUT2D eigenvalue weighted by Crippen LogP contribution is 2.02. The molecule has 1 rings (SSSR count). The Balaban J connectivity index is 2.25. The van der Waals surface area contributed by atoms with Crippen molar-refractivity contribution < 1.29 is 4.74 Å². The van der Waals surface area contributed by atoms with Crippen LogP contribution in [-0.4, -0.2) is 13.7 Å². The van der Waals surface area contributed by atoms with Gasteiger partial charge in [-0.2, -0.15) is 0 Å². The number of rotatable bonds is 5. The Bertz CT molecular complexity index is 239. The van der Waals surface area contributed by atoms with Gasteiger partial charge in [0.25, 0.3) is 0 Å². The summed E-state index contributed by atoms with van der Waals surface area (Å²) in [5, 5.41) is 0. The molecule has 0 saturated heterocycles. The van der Waals surface area contributed by atoms with E-state index in [1.165, 1.54) is 5.56 Å². The summed E-state index contributed by atoms with van der Waals surface area (Å²) < 4.78 is 4.93. The van der Waals surface area contributed by atoms with Gasteiger partial charge >= 0.3 is 0 Å². The Hall–Kier alpha value is -1.08. The molecule has 0 aliphatic heterocycles. The summed E-state index contributed by atoms with van der Waals surface area (Å²) in [7, 11) is 1.72. The molecule has 0 aromatic heterocycles. The lowest BCUT2D eigenvalue weighted by atomic mass is 10.2. The third-order valence-corrected chi connectivity index (χ3v) is 1.71. The first-order valence-electron chi connectivity index (χ1n) is 4.47. The highest BCUT2D eigenvalue weighted by atomic mass is 16.5. The normalized spacial score (nSPS) is 10.8. The molecule has 1 nitrogen and oxygen atoms in total. The number of hydrogen-bond acceptors (Lipinski definition) is 1. The molecule has 69 valence electrons. The smallest absolute Gasteiger partial charge is 0.0468 e. The van der Waals surface area contributed by atoms with E-state index < -0.39 is 0 Å². The summed E-state index contributed by atoms with van der Waals surface area (Å²) in [6.45, 7) is 0.791. The molecule has 0 atom stereocenters. The first-order chi connectivity index (χ1) is 6.43. The number of unbranched alkanes of at least 4 members (excludes halogenated alkanes) is 1. The van der Waals surface area contributed by atoms with E-state index in [9.17, 15) is 0 Å². The van der Waals surface area contributed by atoms with Crippen molar-refractivity contribution in [3.63, 3.8) is 0 Å². The maximum absolute atomic E-state index is 4.93. The van der Waals surface area contributed by atoms with Gasteiger partial charge in [-0.1, -0.05) is 42.5 Å². The Kier molecular flexibility index (Phi) is 4.95. The van der Waals surface area contributed by atoms with Crippen LogP contribution in [0, 0.1) is 6.42 Å². The molecule has 1 heteroatoms. The van der Waals surface area contributed by atoms with Crippen molar-refractivity contribution in [3.05, 3.63) is 48.4 Å². The Morgan fingerprint density at radius 1 is 1.23 bits per heavy atom. The Labute approximate surface area is 80.0 Å². The van der Waals surface area contributed by atoms with Crippen LogP contribution in [0.15, 0.2) is 36.4 Å². The first kappa shape index (κ1) is 10.0. The fourth-order valence-corrected chi connectivity index (χ4v) is 1.03. The zero-order valence-corrected chi connectivity index (χ0v) is 7.94. The monoisotopic (exact) mass is 175 g/mol. The summed E-state index contributed by atoms with van der Waals surface area (Å²) in [5.41, 5.74) is 1.23. The standard InChI is InChI=1S/C12H15O/c1-13-11-7-3-6-10-12-8-4-2-5-9-12/h2-6,8-10H,7,11H2,1H3. The van der Waals surface area contributed by atoms with Gasteiger partial charge in [-0.15, -0.1) is 0 Å². The van der Waals surface area contributed by atoms with Gasteiger partial charge in [0.15, 0.2) is 0 Å². The van der Waals surface area contributed by atoms with Crippen molar-refractivity contribution in [3.8, 4) is 0 Å². The Morgan fingerprint density at radius 2 is 2.00 bits per heavy atom. The molecular weight excluding hydrogens is 160 g/mol. The largest absolute Gasteiger partial charge is 0.385 e. The van der Waals surface area contributed by atoms with Crippen LogP contribution in [0.3, 0.4) is 0 Å². The summed E-state index contributed by atoms with van der Waals surface area (Å²) in [4.78, 5) is 0. The van der Waals surface area contributed by atoms with Gasteiger partial charge in [0.1, 0.15) is 0 Å². The molecule has 0 aliphatic carbocycles. The minimum Gasteiger partial charge on any atom is -0.385 e. The summed E-state index contributed by atoms with van der Waals surface area (Å²) in [6, 6.07) is 10.3. The van der Waals surface area contributed by atoms with Crippen molar-refractivity contribution in [2.24, 2.45) is 0 Å². The molecule has 0 aliphatic rings. The Morgan fingerprint density at radius 3 is 2.69 bits per heavy atom. The van der Waals surface area contributed by atoms with Crippen LogP contribution in [-0.2, 0) is 4.74 Å². The van der Waals surface area contributed by atoms with Crippen LogP contribution < -0.4 is 0 Å². The average Bonchev–Trinajstić information content (AvgIpc) is 2.19. The van der Waals surface area contributed by atoms with Gasteiger partial charge in [0.2, 0.25) is 0 Å². The molecule has 0 spiro atoms. The molecule has 1 aromatic carbocycles. The zero-order valence-electron chi connectivity index (χ0n) is 7.94. The molecule has 0 bridgehead atoms. The molecule has 0 N–H and O–H groups in total. The van der Waals surface area contributed by atoms with E-state index in [1.54, 1.807) is 7.11 Å². The van der Waals surface area contributed by atoms with Crippen LogP contribution in [0.4, 0.5) is 0 Å². The quantitative estimate of drug-likeness (QED) is 0.625.